The number of piperidine rings is 1. The van der Waals surface area contributed by atoms with Crippen LogP contribution in [-0.4, -0.2) is 49.8 Å². The molecule has 1 aliphatic rings. The maximum absolute atomic E-state index is 5.65. The molecule has 0 saturated carbocycles. The van der Waals surface area contributed by atoms with Crippen LogP contribution in [0, 0.1) is 5.92 Å². The van der Waals surface area contributed by atoms with Gasteiger partial charge < -0.3 is 10.1 Å². The van der Waals surface area contributed by atoms with Gasteiger partial charge in [-0.3, -0.25) is 4.90 Å². The lowest BCUT2D eigenvalue weighted by molar-refractivity contribution is -0.0531. The Morgan fingerprint density at radius 1 is 1.41 bits per heavy atom. The molecule has 1 N–H and O–H groups in total. The van der Waals surface area contributed by atoms with Gasteiger partial charge in [0, 0.05) is 26.2 Å². The Morgan fingerprint density at radius 2 is 2.12 bits per heavy atom. The van der Waals surface area contributed by atoms with E-state index in [1.807, 2.05) is 7.11 Å². The Bertz CT molecular complexity index is 220. The molecule has 0 aliphatic carbocycles. The zero-order valence-corrected chi connectivity index (χ0v) is 12.3. The summed E-state index contributed by atoms with van der Waals surface area (Å²) in [5.74, 6) is 0.686. The van der Waals surface area contributed by atoms with Crippen LogP contribution in [0.3, 0.4) is 0 Å². The topological polar surface area (TPSA) is 24.5 Å². The van der Waals surface area contributed by atoms with E-state index in [9.17, 15) is 0 Å². The van der Waals surface area contributed by atoms with Crippen molar-refractivity contribution in [3.05, 3.63) is 0 Å². The molecule has 0 spiro atoms. The molecule has 1 saturated heterocycles. The van der Waals surface area contributed by atoms with Crippen molar-refractivity contribution >= 4 is 0 Å². The molecule has 2 atom stereocenters. The van der Waals surface area contributed by atoms with Crippen molar-refractivity contribution in [1.82, 2.24) is 10.2 Å². The van der Waals surface area contributed by atoms with Gasteiger partial charge in [0.05, 0.1) is 5.60 Å². The number of hydrogen-bond acceptors (Lipinski definition) is 3. The van der Waals surface area contributed by atoms with E-state index in [4.69, 9.17) is 4.74 Å². The zero-order valence-electron chi connectivity index (χ0n) is 12.3. The second-order valence-electron chi connectivity index (χ2n) is 5.90. The number of hydrogen-bond donors (Lipinski definition) is 1. The van der Waals surface area contributed by atoms with E-state index in [-0.39, 0.29) is 5.60 Å². The maximum atomic E-state index is 5.65. The van der Waals surface area contributed by atoms with Gasteiger partial charge in [-0.05, 0) is 38.8 Å². The summed E-state index contributed by atoms with van der Waals surface area (Å²) in [4.78, 5) is 2.56. The number of ether oxygens (including phenoxy) is 1. The van der Waals surface area contributed by atoms with Crippen molar-refractivity contribution in [2.45, 2.75) is 52.2 Å². The third-order valence-electron chi connectivity index (χ3n) is 3.96. The molecule has 0 aromatic carbocycles. The molecular weight excluding hydrogens is 212 g/mol. The largest absolute Gasteiger partial charge is 0.377 e. The molecule has 1 heterocycles. The number of nitrogens with zero attached hydrogens (tertiary/aromatic N) is 1. The molecule has 1 aliphatic heterocycles. The third kappa shape index (κ3) is 4.57. The van der Waals surface area contributed by atoms with Gasteiger partial charge >= 0.3 is 0 Å². The zero-order chi connectivity index (χ0) is 12.9. The van der Waals surface area contributed by atoms with E-state index in [1.165, 1.54) is 19.4 Å². The SMILES string of the molecule is CCNC(CN1CCCC(C)(OC)C1)C(C)C. The Morgan fingerprint density at radius 3 is 2.65 bits per heavy atom. The first-order valence-corrected chi connectivity index (χ1v) is 7.01. The Balaban J connectivity index is 2.49. The highest BCUT2D eigenvalue weighted by Crippen LogP contribution is 2.24. The maximum Gasteiger partial charge on any atom is 0.0777 e. The molecule has 0 bridgehead atoms. The molecule has 17 heavy (non-hydrogen) atoms. The van der Waals surface area contributed by atoms with E-state index in [0.29, 0.717) is 12.0 Å². The van der Waals surface area contributed by atoms with Crippen LogP contribution in [0.1, 0.15) is 40.5 Å². The minimum absolute atomic E-state index is 0.0615. The van der Waals surface area contributed by atoms with Gasteiger partial charge in [-0.15, -0.1) is 0 Å². The summed E-state index contributed by atoms with van der Waals surface area (Å²) in [5, 5.41) is 3.59. The van der Waals surface area contributed by atoms with E-state index in [1.54, 1.807) is 0 Å². The van der Waals surface area contributed by atoms with Crippen LogP contribution < -0.4 is 5.32 Å². The van der Waals surface area contributed by atoms with Crippen LogP contribution >= 0.6 is 0 Å². The summed E-state index contributed by atoms with van der Waals surface area (Å²) >= 11 is 0. The fraction of sp³-hybridized carbons (Fsp3) is 1.00. The van der Waals surface area contributed by atoms with Crippen LogP contribution in [0.25, 0.3) is 0 Å². The summed E-state index contributed by atoms with van der Waals surface area (Å²) in [6.45, 7) is 13.5. The number of likely N-dealkylation sites (N-methyl/N-ethyl adjacent to an activating group) is 1. The first-order valence-electron chi connectivity index (χ1n) is 7.01. The van der Waals surface area contributed by atoms with Crippen LogP contribution in [0.5, 0.6) is 0 Å². The number of likely N-dealkylation sites (tertiary alicyclic amines) is 1. The minimum Gasteiger partial charge on any atom is -0.377 e. The average molecular weight is 242 g/mol. The van der Waals surface area contributed by atoms with Crippen LogP contribution in [-0.2, 0) is 4.74 Å². The van der Waals surface area contributed by atoms with E-state index in [2.05, 4.69) is 37.9 Å². The Kier molecular flexibility index (Phi) is 5.90. The molecule has 2 unspecified atom stereocenters. The van der Waals surface area contributed by atoms with Crippen molar-refractivity contribution < 1.29 is 4.74 Å². The lowest BCUT2D eigenvalue weighted by atomic mass is 9.93. The fourth-order valence-electron chi connectivity index (χ4n) is 2.68. The van der Waals surface area contributed by atoms with Gasteiger partial charge in [-0.1, -0.05) is 20.8 Å². The highest BCUT2D eigenvalue weighted by Gasteiger charge is 2.31. The molecule has 1 rings (SSSR count). The van der Waals surface area contributed by atoms with Gasteiger partial charge in [0.2, 0.25) is 0 Å². The summed E-state index contributed by atoms with van der Waals surface area (Å²) in [5.41, 5.74) is 0.0615. The highest BCUT2D eigenvalue weighted by atomic mass is 16.5. The van der Waals surface area contributed by atoms with Gasteiger partial charge in [-0.2, -0.15) is 0 Å². The van der Waals surface area contributed by atoms with Crippen LogP contribution in [0.2, 0.25) is 0 Å². The molecule has 3 heteroatoms. The van der Waals surface area contributed by atoms with Crippen molar-refractivity contribution in [3.63, 3.8) is 0 Å². The minimum atomic E-state index is 0.0615. The molecule has 3 nitrogen and oxygen atoms in total. The molecule has 0 amide bonds. The van der Waals surface area contributed by atoms with Crippen molar-refractivity contribution in [1.29, 1.82) is 0 Å². The average Bonchev–Trinajstić information content (AvgIpc) is 2.28. The monoisotopic (exact) mass is 242 g/mol. The number of rotatable bonds is 6. The van der Waals surface area contributed by atoms with Crippen molar-refractivity contribution in [2.75, 3.05) is 33.3 Å². The summed E-state index contributed by atoms with van der Waals surface area (Å²) in [7, 11) is 1.84. The van der Waals surface area contributed by atoms with Gasteiger partial charge in [0.15, 0.2) is 0 Å². The van der Waals surface area contributed by atoms with E-state index < -0.39 is 0 Å². The van der Waals surface area contributed by atoms with Crippen LogP contribution in [0.4, 0.5) is 0 Å². The van der Waals surface area contributed by atoms with E-state index >= 15 is 0 Å². The molecule has 1 fully saturated rings. The summed E-state index contributed by atoms with van der Waals surface area (Å²) in [6.07, 6.45) is 2.44. The molecule has 102 valence electrons. The normalized spacial score (nSPS) is 28.6. The summed E-state index contributed by atoms with van der Waals surface area (Å²) < 4.78 is 5.65. The predicted octanol–water partition coefficient (Wildman–Crippen LogP) is 2.12. The number of methoxy groups -OCH3 is 1. The lowest BCUT2D eigenvalue weighted by Gasteiger charge is -2.41. The molecule has 0 aromatic heterocycles. The van der Waals surface area contributed by atoms with Gasteiger partial charge in [-0.25, -0.2) is 0 Å². The first kappa shape index (κ1) is 14.9. The fourth-order valence-corrected chi connectivity index (χ4v) is 2.68. The number of nitrogens with one attached hydrogen (secondary N) is 1. The third-order valence-corrected chi connectivity index (χ3v) is 3.96. The Labute approximate surface area is 107 Å². The summed E-state index contributed by atoms with van der Waals surface area (Å²) in [6, 6.07) is 0.596. The predicted molar refractivity (Wildman–Crippen MR) is 73.4 cm³/mol. The second kappa shape index (κ2) is 6.72. The van der Waals surface area contributed by atoms with Gasteiger partial charge in [0.25, 0.3) is 0 Å². The molecule has 0 aromatic rings. The molecule has 0 radical (unpaired) electrons. The highest BCUT2D eigenvalue weighted by molar-refractivity contribution is 4.87. The van der Waals surface area contributed by atoms with Crippen LogP contribution in [0.15, 0.2) is 0 Å². The standard InChI is InChI=1S/C14H30N2O/c1-6-15-13(12(2)3)10-16-9-7-8-14(4,11-16)17-5/h12-13,15H,6-11H2,1-5H3. The van der Waals surface area contributed by atoms with E-state index in [0.717, 1.165) is 19.6 Å². The lowest BCUT2D eigenvalue weighted by Crippen LogP contribution is -2.52. The second-order valence-corrected chi connectivity index (χ2v) is 5.90. The van der Waals surface area contributed by atoms with Crippen molar-refractivity contribution in [3.8, 4) is 0 Å². The first-order chi connectivity index (χ1) is 8.00. The van der Waals surface area contributed by atoms with Gasteiger partial charge in [0.1, 0.15) is 0 Å². The van der Waals surface area contributed by atoms with Crippen molar-refractivity contribution in [2.24, 2.45) is 5.92 Å². The Hall–Kier alpha value is -0.120. The quantitative estimate of drug-likeness (QED) is 0.772. The molecular formula is C14H30N2O. The smallest absolute Gasteiger partial charge is 0.0777 e.